The summed E-state index contributed by atoms with van der Waals surface area (Å²) in [6.45, 7) is 0.513. The molecule has 1 atom stereocenters. The molecule has 0 aromatic heterocycles. The maximum Gasteiger partial charge on any atom is 0.337 e. The molecular formula is C20H20N2O6. The summed E-state index contributed by atoms with van der Waals surface area (Å²) < 4.78 is 10.0. The van der Waals surface area contributed by atoms with E-state index in [1.807, 2.05) is 6.07 Å². The molecule has 0 fully saturated rings. The van der Waals surface area contributed by atoms with Gasteiger partial charge in [-0.25, -0.2) is 4.79 Å². The fraction of sp³-hybridized carbons (Fsp3) is 0.250. The van der Waals surface area contributed by atoms with E-state index < -0.39 is 23.9 Å². The van der Waals surface area contributed by atoms with Crippen LogP contribution >= 0.6 is 0 Å². The number of carbonyl (C=O) groups is 3. The molecule has 146 valence electrons. The Kier molecular flexibility index (Phi) is 5.90. The average Bonchev–Trinajstić information content (AvgIpc) is 3.19. The predicted molar refractivity (Wildman–Crippen MR) is 100 cm³/mol. The highest BCUT2D eigenvalue weighted by atomic mass is 16.5. The zero-order chi connectivity index (χ0) is 20.1. The van der Waals surface area contributed by atoms with Crippen molar-refractivity contribution < 1.29 is 29.0 Å². The Morgan fingerprint density at radius 2 is 1.89 bits per heavy atom. The molecule has 0 unspecified atom stereocenters. The lowest BCUT2D eigenvalue weighted by Gasteiger charge is -2.13. The lowest BCUT2D eigenvalue weighted by atomic mass is 10.0. The molecule has 3 N–H and O–H groups in total. The van der Waals surface area contributed by atoms with Crippen molar-refractivity contribution in [2.24, 2.45) is 0 Å². The van der Waals surface area contributed by atoms with E-state index in [1.165, 1.54) is 31.4 Å². The van der Waals surface area contributed by atoms with Gasteiger partial charge in [0, 0.05) is 18.7 Å². The molecule has 0 bridgehead atoms. The number of aliphatic hydroxyl groups is 1. The Hall–Kier alpha value is -3.39. The number of methoxy groups -OCH3 is 1. The number of nitrogens with one attached hydrogen (secondary N) is 2. The molecule has 1 aliphatic heterocycles. The molecule has 0 saturated heterocycles. The number of amides is 2. The van der Waals surface area contributed by atoms with Gasteiger partial charge in [0.2, 0.25) is 0 Å². The number of aliphatic hydroxyl groups excluding tert-OH is 1. The van der Waals surface area contributed by atoms with Crippen molar-refractivity contribution in [2.45, 2.75) is 12.5 Å². The van der Waals surface area contributed by atoms with Crippen LogP contribution in [0.4, 0.5) is 5.69 Å². The molecule has 0 radical (unpaired) electrons. The summed E-state index contributed by atoms with van der Waals surface area (Å²) in [6, 6.07) is 11.3. The Labute approximate surface area is 161 Å². The number of hydrogen-bond acceptors (Lipinski definition) is 6. The van der Waals surface area contributed by atoms with E-state index >= 15 is 0 Å². The number of esters is 1. The maximum absolute atomic E-state index is 12.0. The summed E-state index contributed by atoms with van der Waals surface area (Å²) in [4.78, 5) is 35.3. The Morgan fingerprint density at radius 3 is 2.61 bits per heavy atom. The molecular weight excluding hydrogens is 364 g/mol. The molecule has 3 rings (SSSR count). The van der Waals surface area contributed by atoms with Crippen LogP contribution in [0.2, 0.25) is 0 Å². The van der Waals surface area contributed by atoms with Crippen molar-refractivity contribution in [1.82, 2.24) is 5.32 Å². The number of hydrogen-bond donors (Lipinski definition) is 3. The van der Waals surface area contributed by atoms with E-state index in [0.29, 0.717) is 23.4 Å². The van der Waals surface area contributed by atoms with Gasteiger partial charge < -0.3 is 25.2 Å². The first-order chi connectivity index (χ1) is 13.5. The van der Waals surface area contributed by atoms with Gasteiger partial charge in [0.1, 0.15) is 5.75 Å². The number of fused-ring (bicyclic) bond motifs is 1. The average molecular weight is 384 g/mol. The first-order valence-electron chi connectivity index (χ1n) is 8.69. The van der Waals surface area contributed by atoms with Crippen molar-refractivity contribution in [2.75, 3.05) is 25.6 Å². The van der Waals surface area contributed by atoms with Gasteiger partial charge in [-0.3, -0.25) is 9.59 Å². The summed E-state index contributed by atoms with van der Waals surface area (Å²) in [5, 5.41) is 15.1. The minimum absolute atomic E-state index is 0.104. The van der Waals surface area contributed by atoms with Crippen molar-refractivity contribution in [3.8, 4) is 5.75 Å². The number of benzene rings is 2. The van der Waals surface area contributed by atoms with Crippen molar-refractivity contribution in [3.05, 3.63) is 59.2 Å². The van der Waals surface area contributed by atoms with Gasteiger partial charge in [0.05, 0.1) is 25.4 Å². The Morgan fingerprint density at radius 1 is 1.14 bits per heavy atom. The first kappa shape index (κ1) is 19.4. The second kappa shape index (κ2) is 8.53. The second-order valence-electron chi connectivity index (χ2n) is 6.21. The minimum Gasteiger partial charge on any atom is -0.493 e. The van der Waals surface area contributed by atoms with Gasteiger partial charge in [-0.2, -0.15) is 0 Å². The molecule has 8 heteroatoms. The summed E-state index contributed by atoms with van der Waals surface area (Å²) in [6.07, 6.45) is -0.165. The highest BCUT2D eigenvalue weighted by Gasteiger charge is 2.18. The third-order valence-electron chi connectivity index (χ3n) is 4.32. The summed E-state index contributed by atoms with van der Waals surface area (Å²) in [5.41, 5.74) is 2.33. The van der Waals surface area contributed by atoms with Crippen LogP contribution in [0.1, 0.15) is 27.6 Å². The van der Waals surface area contributed by atoms with E-state index in [0.717, 1.165) is 17.7 Å². The number of anilines is 1. The van der Waals surface area contributed by atoms with Crippen molar-refractivity contribution in [3.63, 3.8) is 0 Å². The normalized spacial score (nSPS) is 13.1. The predicted octanol–water partition coefficient (Wildman–Crippen LogP) is 1.20. The summed E-state index contributed by atoms with van der Waals surface area (Å²) >= 11 is 0. The van der Waals surface area contributed by atoms with E-state index in [4.69, 9.17) is 4.74 Å². The lowest BCUT2D eigenvalue weighted by Crippen LogP contribution is -2.37. The minimum atomic E-state index is -0.943. The lowest BCUT2D eigenvalue weighted by molar-refractivity contribution is -0.136. The maximum atomic E-state index is 12.0. The molecule has 1 aliphatic rings. The van der Waals surface area contributed by atoms with E-state index in [-0.39, 0.29) is 6.54 Å². The molecule has 0 aliphatic carbocycles. The zero-order valence-corrected chi connectivity index (χ0v) is 15.2. The van der Waals surface area contributed by atoms with E-state index in [1.54, 1.807) is 12.1 Å². The summed E-state index contributed by atoms with van der Waals surface area (Å²) in [5.74, 6) is -1.44. The van der Waals surface area contributed by atoms with Crippen LogP contribution in [-0.4, -0.2) is 43.2 Å². The summed E-state index contributed by atoms with van der Waals surface area (Å²) in [7, 11) is 1.27. The Bertz CT molecular complexity index is 894. The third-order valence-corrected chi connectivity index (χ3v) is 4.32. The quantitative estimate of drug-likeness (QED) is 0.527. The van der Waals surface area contributed by atoms with Crippen LogP contribution in [0.15, 0.2) is 42.5 Å². The van der Waals surface area contributed by atoms with E-state index in [2.05, 4.69) is 15.4 Å². The number of rotatable bonds is 5. The first-order valence-corrected chi connectivity index (χ1v) is 8.69. The molecule has 8 nitrogen and oxygen atoms in total. The van der Waals surface area contributed by atoms with Crippen molar-refractivity contribution in [1.29, 1.82) is 0 Å². The van der Waals surface area contributed by atoms with Crippen molar-refractivity contribution >= 4 is 23.5 Å². The Balaban J connectivity index is 1.51. The van der Waals surface area contributed by atoms with Crippen LogP contribution in [0.5, 0.6) is 5.75 Å². The van der Waals surface area contributed by atoms with Crippen LogP contribution in [0.25, 0.3) is 0 Å². The van der Waals surface area contributed by atoms with Crippen LogP contribution in [0.3, 0.4) is 0 Å². The molecule has 0 saturated carbocycles. The molecule has 2 aromatic rings. The van der Waals surface area contributed by atoms with E-state index in [9.17, 15) is 19.5 Å². The topological polar surface area (TPSA) is 114 Å². The van der Waals surface area contributed by atoms with Gasteiger partial charge in [-0.05, 0) is 47.5 Å². The monoisotopic (exact) mass is 384 g/mol. The van der Waals surface area contributed by atoms with Crippen LogP contribution < -0.4 is 15.4 Å². The largest absolute Gasteiger partial charge is 0.493 e. The van der Waals surface area contributed by atoms with Gasteiger partial charge in [-0.15, -0.1) is 0 Å². The fourth-order valence-electron chi connectivity index (χ4n) is 2.80. The SMILES string of the molecule is COC(=O)c1ccc(NC(=O)C(=O)NC[C@H](O)c2ccc3c(c2)CCO3)cc1. The third kappa shape index (κ3) is 4.47. The van der Waals surface area contributed by atoms with Gasteiger partial charge >= 0.3 is 17.8 Å². The van der Waals surface area contributed by atoms with Crippen LogP contribution in [0, 0.1) is 0 Å². The van der Waals surface area contributed by atoms with Gasteiger partial charge in [-0.1, -0.05) is 6.07 Å². The molecule has 28 heavy (non-hydrogen) atoms. The fourth-order valence-corrected chi connectivity index (χ4v) is 2.80. The zero-order valence-electron chi connectivity index (χ0n) is 15.2. The van der Waals surface area contributed by atoms with Gasteiger partial charge in [0.25, 0.3) is 0 Å². The molecule has 1 heterocycles. The van der Waals surface area contributed by atoms with Gasteiger partial charge in [0.15, 0.2) is 0 Å². The van der Waals surface area contributed by atoms with Crippen LogP contribution in [-0.2, 0) is 20.7 Å². The molecule has 2 amide bonds. The smallest absolute Gasteiger partial charge is 0.337 e. The number of carbonyl (C=O) groups excluding carboxylic acids is 3. The number of ether oxygens (including phenoxy) is 2. The molecule has 2 aromatic carbocycles. The standard InChI is InChI=1S/C20H20N2O6/c1-27-20(26)12-2-5-15(6-3-12)22-19(25)18(24)21-11-16(23)13-4-7-17-14(10-13)8-9-28-17/h2-7,10,16,23H,8-9,11H2,1H3,(H,21,24)(H,22,25)/t16-/m0/s1. The highest BCUT2D eigenvalue weighted by molar-refractivity contribution is 6.39. The highest BCUT2D eigenvalue weighted by Crippen LogP contribution is 2.28. The second-order valence-corrected chi connectivity index (χ2v) is 6.21. The molecule has 0 spiro atoms.